The number of nitrogens with one attached hydrogen (secondary N) is 1. The largest absolute Gasteiger partial charge is 0.493 e. The average molecular weight is 342 g/mol. The molecule has 130 valence electrons. The summed E-state index contributed by atoms with van der Waals surface area (Å²) >= 11 is 0. The van der Waals surface area contributed by atoms with Crippen molar-refractivity contribution in [2.24, 2.45) is 5.92 Å². The Balaban J connectivity index is 1.96. The molecule has 1 aliphatic rings. The Kier molecular flexibility index (Phi) is 6.26. The fourth-order valence-electron chi connectivity index (χ4n) is 2.89. The monoisotopic (exact) mass is 342 g/mol. The predicted molar refractivity (Wildman–Crippen MR) is 89.6 cm³/mol. The summed E-state index contributed by atoms with van der Waals surface area (Å²) in [5.41, 5.74) is 0. The maximum Gasteiger partial charge on any atom is 0.240 e. The number of hydrogen-bond donors (Lipinski definition) is 1. The van der Waals surface area contributed by atoms with Gasteiger partial charge in [-0.15, -0.1) is 0 Å². The molecule has 1 aromatic carbocycles. The number of benzene rings is 1. The minimum atomic E-state index is -3.54. The van der Waals surface area contributed by atoms with Crippen molar-refractivity contribution in [3.05, 3.63) is 18.2 Å². The van der Waals surface area contributed by atoms with Crippen LogP contribution in [0.5, 0.6) is 11.5 Å². The number of nitrogens with zero attached hydrogens (tertiary/aromatic N) is 1. The van der Waals surface area contributed by atoms with Crippen molar-refractivity contribution in [3.63, 3.8) is 0 Å². The molecule has 0 aliphatic carbocycles. The van der Waals surface area contributed by atoms with Gasteiger partial charge in [0.25, 0.3) is 0 Å². The highest BCUT2D eigenvalue weighted by molar-refractivity contribution is 7.89. The van der Waals surface area contributed by atoms with Crippen molar-refractivity contribution >= 4 is 10.0 Å². The first kappa shape index (κ1) is 18.0. The van der Waals surface area contributed by atoms with Crippen LogP contribution in [-0.4, -0.2) is 53.7 Å². The van der Waals surface area contributed by atoms with E-state index in [1.54, 1.807) is 6.07 Å². The van der Waals surface area contributed by atoms with E-state index in [0.717, 1.165) is 19.6 Å². The van der Waals surface area contributed by atoms with Crippen LogP contribution in [0.3, 0.4) is 0 Å². The lowest BCUT2D eigenvalue weighted by Gasteiger charge is -2.30. The molecule has 1 unspecified atom stereocenters. The van der Waals surface area contributed by atoms with Gasteiger partial charge in [0.05, 0.1) is 19.1 Å². The second kappa shape index (κ2) is 7.99. The van der Waals surface area contributed by atoms with Gasteiger partial charge in [-0.3, -0.25) is 0 Å². The van der Waals surface area contributed by atoms with Gasteiger partial charge >= 0.3 is 0 Å². The van der Waals surface area contributed by atoms with Crippen LogP contribution in [0.4, 0.5) is 0 Å². The molecule has 1 aliphatic heterocycles. The van der Waals surface area contributed by atoms with Gasteiger partial charge in [0.1, 0.15) is 0 Å². The highest BCUT2D eigenvalue weighted by atomic mass is 32.2. The lowest BCUT2D eigenvalue weighted by atomic mass is 10.0. The molecule has 7 heteroatoms. The van der Waals surface area contributed by atoms with E-state index in [1.165, 1.54) is 39.2 Å². The van der Waals surface area contributed by atoms with Crippen LogP contribution in [0.2, 0.25) is 0 Å². The van der Waals surface area contributed by atoms with Gasteiger partial charge < -0.3 is 14.4 Å². The van der Waals surface area contributed by atoms with Crippen molar-refractivity contribution in [1.82, 2.24) is 9.62 Å². The highest BCUT2D eigenvalue weighted by Gasteiger charge is 2.19. The van der Waals surface area contributed by atoms with Crippen LogP contribution in [0, 0.1) is 5.92 Å². The topological polar surface area (TPSA) is 67.9 Å². The summed E-state index contributed by atoms with van der Waals surface area (Å²) in [6.45, 7) is 5.46. The van der Waals surface area contributed by atoms with E-state index in [0.29, 0.717) is 24.0 Å². The average Bonchev–Trinajstić information content (AvgIpc) is 2.54. The smallest absolute Gasteiger partial charge is 0.240 e. The van der Waals surface area contributed by atoms with Crippen LogP contribution in [0.15, 0.2) is 23.1 Å². The van der Waals surface area contributed by atoms with E-state index in [4.69, 9.17) is 9.47 Å². The fraction of sp³-hybridized carbons (Fsp3) is 0.625. The zero-order chi connectivity index (χ0) is 16.9. The van der Waals surface area contributed by atoms with Gasteiger partial charge in [0.15, 0.2) is 11.5 Å². The predicted octanol–water partition coefficient (Wildman–Crippen LogP) is 1.71. The summed E-state index contributed by atoms with van der Waals surface area (Å²) in [6, 6.07) is 4.59. The lowest BCUT2D eigenvalue weighted by Crippen LogP contribution is -2.40. The van der Waals surface area contributed by atoms with Crippen LogP contribution >= 0.6 is 0 Å². The molecule has 0 amide bonds. The molecule has 0 bridgehead atoms. The zero-order valence-corrected chi connectivity index (χ0v) is 14.9. The number of ether oxygens (including phenoxy) is 2. The summed E-state index contributed by atoms with van der Waals surface area (Å²) in [5.74, 6) is 1.60. The zero-order valence-electron chi connectivity index (χ0n) is 14.0. The number of rotatable bonds is 7. The Hall–Kier alpha value is -1.31. The lowest BCUT2D eigenvalue weighted by molar-refractivity contribution is 0.187. The van der Waals surface area contributed by atoms with Crippen LogP contribution < -0.4 is 14.2 Å². The summed E-state index contributed by atoms with van der Waals surface area (Å²) in [4.78, 5) is 2.49. The van der Waals surface area contributed by atoms with Crippen LogP contribution in [0.1, 0.15) is 19.8 Å². The summed E-state index contributed by atoms with van der Waals surface area (Å²) < 4.78 is 37.7. The van der Waals surface area contributed by atoms with Gasteiger partial charge in [0.2, 0.25) is 10.0 Å². The fourth-order valence-corrected chi connectivity index (χ4v) is 3.93. The van der Waals surface area contributed by atoms with Crippen LogP contribution in [-0.2, 0) is 10.0 Å². The number of methoxy groups -OCH3 is 2. The second-order valence-electron chi connectivity index (χ2n) is 5.96. The molecule has 1 fully saturated rings. The summed E-state index contributed by atoms with van der Waals surface area (Å²) in [6.07, 6.45) is 2.44. The molecule has 0 spiro atoms. The molecule has 1 heterocycles. The third-order valence-corrected chi connectivity index (χ3v) is 5.59. The summed E-state index contributed by atoms with van der Waals surface area (Å²) in [7, 11) is -0.541. The second-order valence-corrected chi connectivity index (χ2v) is 7.73. The Morgan fingerprint density at radius 1 is 1.26 bits per heavy atom. The first-order valence-electron chi connectivity index (χ1n) is 7.90. The quantitative estimate of drug-likeness (QED) is 0.817. The van der Waals surface area contributed by atoms with Gasteiger partial charge in [-0.25, -0.2) is 13.1 Å². The molecular weight excluding hydrogens is 316 g/mol. The van der Waals surface area contributed by atoms with Gasteiger partial charge in [-0.2, -0.15) is 0 Å². The first-order chi connectivity index (χ1) is 11.0. The number of piperidine rings is 1. The Labute approximate surface area is 138 Å². The Bertz CT molecular complexity index is 619. The van der Waals surface area contributed by atoms with Gasteiger partial charge in [-0.05, 0) is 37.4 Å². The molecule has 0 aromatic heterocycles. The Morgan fingerprint density at radius 3 is 2.65 bits per heavy atom. The molecule has 0 saturated carbocycles. The standard InChI is InChI=1S/C16H26N2O4S/c1-13-5-4-9-18(12-13)10-8-17-23(19,20)14-6-7-15(21-2)16(11-14)22-3/h6-7,11,13,17H,4-5,8-10,12H2,1-3H3. The molecule has 1 aromatic rings. The third kappa shape index (κ3) is 4.83. The van der Waals surface area contributed by atoms with Crippen molar-refractivity contribution in [2.45, 2.75) is 24.7 Å². The van der Waals surface area contributed by atoms with Crippen molar-refractivity contribution < 1.29 is 17.9 Å². The minimum Gasteiger partial charge on any atom is -0.493 e. The first-order valence-corrected chi connectivity index (χ1v) is 9.38. The Morgan fingerprint density at radius 2 is 2.00 bits per heavy atom. The highest BCUT2D eigenvalue weighted by Crippen LogP contribution is 2.29. The number of sulfonamides is 1. The number of hydrogen-bond acceptors (Lipinski definition) is 5. The van der Waals surface area contributed by atoms with Crippen molar-refractivity contribution in [3.8, 4) is 11.5 Å². The summed E-state index contributed by atoms with van der Waals surface area (Å²) in [5, 5.41) is 0. The minimum absolute atomic E-state index is 0.183. The van der Waals surface area contributed by atoms with Crippen LogP contribution in [0.25, 0.3) is 0 Å². The molecular formula is C16H26N2O4S. The van der Waals surface area contributed by atoms with E-state index in [9.17, 15) is 8.42 Å². The van der Waals surface area contributed by atoms with Gasteiger partial charge in [0, 0.05) is 25.7 Å². The van der Waals surface area contributed by atoms with E-state index in [1.807, 2.05) is 0 Å². The maximum atomic E-state index is 12.4. The third-order valence-electron chi connectivity index (χ3n) is 4.13. The molecule has 1 atom stereocenters. The van der Waals surface area contributed by atoms with E-state index in [2.05, 4.69) is 16.5 Å². The van der Waals surface area contributed by atoms with Crippen molar-refractivity contribution in [2.75, 3.05) is 40.4 Å². The van der Waals surface area contributed by atoms with E-state index < -0.39 is 10.0 Å². The molecule has 23 heavy (non-hydrogen) atoms. The van der Waals surface area contributed by atoms with Crippen molar-refractivity contribution in [1.29, 1.82) is 0 Å². The normalized spacial score (nSPS) is 19.5. The van der Waals surface area contributed by atoms with E-state index >= 15 is 0 Å². The molecule has 1 N–H and O–H groups in total. The molecule has 1 saturated heterocycles. The maximum absolute atomic E-state index is 12.4. The molecule has 2 rings (SSSR count). The number of likely N-dealkylation sites (tertiary alicyclic amines) is 1. The van der Waals surface area contributed by atoms with E-state index in [-0.39, 0.29) is 4.90 Å². The SMILES string of the molecule is COc1ccc(S(=O)(=O)NCCN2CCCC(C)C2)cc1OC. The molecule has 0 radical (unpaired) electrons. The van der Waals surface area contributed by atoms with Gasteiger partial charge in [-0.1, -0.05) is 6.92 Å². The molecule has 6 nitrogen and oxygen atoms in total.